The second-order valence-electron chi connectivity index (χ2n) is 6.96. The molecule has 146 valence electrons. The van der Waals surface area contributed by atoms with Crippen LogP contribution in [0.2, 0.25) is 0 Å². The summed E-state index contributed by atoms with van der Waals surface area (Å²) in [6.45, 7) is 8.19. The van der Waals surface area contributed by atoms with E-state index in [4.69, 9.17) is 4.74 Å². The van der Waals surface area contributed by atoms with Gasteiger partial charge in [-0.15, -0.1) is 11.3 Å². The molecule has 4 nitrogen and oxygen atoms in total. The Balaban J connectivity index is 1.67. The summed E-state index contributed by atoms with van der Waals surface area (Å²) in [7, 11) is 0. The normalized spacial score (nSPS) is 10.9. The standard InChI is InChI=1S/C22H23BrN2O2S/c1-13(2)18-10-5-14(3)11-19(18)27-12-20(26)24-22-25-21(15(4)28-22)16-6-8-17(23)9-7-16/h5-11,13H,12H2,1-4H3,(H,24,25,26). The molecule has 0 radical (unpaired) electrons. The number of hydrogen-bond acceptors (Lipinski definition) is 4. The predicted octanol–water partition coefficient (Wildman–Crippen LogP) is 6.33. The first-order valence-electron chi connectivity index (χ1n) is 9.10. The molecule has 0 bridgehead atoms. The highest BCUT2D eigenvalue weighted by Gasteiger charge is 2.14. The molecule has 6 heteroatoms. The Morgan fingerprint density at radius 3 is 2.57 bits per heavy atom. The van der Waals surface area contributed by atoms with E-state index in [-0.39, 0.29) is 12.5 Å². The fraction of sp³-hybridized carbons (Fsp3) is 0.273. The van der Waals surface area contributed by atoms with E-state index in [9.17, 15) is 4.79 Å². The van der Waals surface area contributed by atoms with Crippen LogP contribution < -0.4 is 10.1 Å². The first-order chi connectivity index (χ1) is 13.3. The smallest absolute Gasteiger partial charge is 0.264 e. The molecular weight excluding hydrogens is 436 g/mol. The molecule has 2 aromatic carbocycles. The monoisotopic (exact) mass is 458 g/mol. The van der Waals surface area contributed by atoms with E-state index in [2.05, 4.69) is 52.2 Å². The van der Waals surface area contributed by atoms with E-state index >= 15 is 0 Å². The van der Waals surface area contributed by atoms with Crippen molar-refractivity contribution in [3.05, 3.63) is 62.9 Å². The van der Waals surface area contributed by atoms with Gasteiger partial charge in [0.1, 0.15) is 5.75 Å². The van der Waals surface area contributed by atoms with Crippen LogP contribution in [0.15, 0.2) is 46.9 Å². The first-order valence-corrected chi connectivity index (χ1v) is 10.7. The number of aryl methyl sites for hydroxylation is 2. The molecule has 0 saturated heterocycles. The Hall–Kier alpha value is -2.18. The molecule has 3 rings (SSSR count). The molecule has 0 aliphatic heterocycles. The number of benzene rings is 2. The van der Waals surface area contributed by atoms with E-state index in [1.165, 1.54) is 11.3 Å². The van der Waals surface area contributed by atoms with Gasteiger partial charge < -0.3 is 4.74 Å². The number of nitrogens with one attached hydrogen (secondary N) is 1. The molecule has 1 aromatic heterocycles. The summed E-state index contributed by atoms with van der Waals surface area (Å²) >= 11 is 4.90. The highest BCUT2D eigenvalue weighted by molar-refractivity contribution is 9.10. The zero-order chi connectivity index (χ0) is 20.3. The summed E-state index contributed by atoms with van der Waals surface area (Å²) in [6, 6.07) is 14.1. The van der Waals surface area contributed by atoms with Crippen LogP contribution in [0.1, 0.15) is 35.8 Å². The third-order valence-corrected chi connectivity index (χ3v) is 5.73. The van der Waals surface area contributed by atoms with Gasteiger partial charge in [0.2, 0.25) is 0 Å². The number of hydrogen-bond donors (Lipinski definition) is 1. The summed E-state index contributed by atoms with van der Waals surface area (Å²) in [5.41, 5.74) is 4.11. The number of carbonyl (C=O) groups is 1. The minimum Gasteiger partial charge on any atom is -0.483 e. The third-order valence-electron chi connectivity index (χ3n) is 4.31. The fourth-order valence-electron chi connectivity index (χ4n) is 2.87. The number of anilines is 1. The van der Waals surface area contributed by atoms with Crippen LogP contribution in [0.3, 0.4) is 0 Å². The molecule has 0 unspecified atom stereocenters. The lowest BCUT2D eigenvalue weighted by molar-refractivity contribution is -0.118. The topological polar surface area (TPSA) is 51.2 Å². The van der Waals surface area contributed by atoms with Gasteiger partial charge in [0.25, 0.3) is 5.91 Å². The van der Waals surface area contributed by atoms with Crippen molar-refractivity contribution in [2.24, 2.45) is 0 Å². The first kappa shape index (κ1) is 20.6. The number of amides is 1. The van der Waals surface area contributed by atoms with E-state index < -0.39 is 0 Å². The zero-order valence-electron chi connectivity index (χ0n) is 16.4. The van der Waals surface area contributed by atoms with Crippen molar-refractivity contribution in [2.75, 3.05) is 11.9 Å². The summed E-state index contributed by atoms with van der Waals surface area (Å²) in [6.07, 6.45) is 0. The highest BCUT2D eigenvalue weighted by Crippen LogP contribution is 2.31. The largest absolute Gasteiger partial charge is 0.483 e. The van der Waals surface area contributed by atoms with Crippen molar-refractivity contribution in [1.82, 2.24) is 4.98 Å². The molecule has 3 aromatic rings. The Bertz CT molecular complexity index is 981. The molecule has 1 N–H and O–H groups in total. The summed E-state index contributed by atoms with van der Waals surface area (Å²) in [4.78, 5) is 18.0. The lowest BCUT2D eigenvalue weighted by atomic mass is 10.0. The van der Waals surface area contributed by atoms with Gasteiger partial charge in [0.05, 0.1) is 5.69 Å². The van der Waals surface area contributed by atoms with Gasteiger partial charge in [0, 0.05) is 14.9 Å². The second kappa shape index (κ2) is 8.88. The van der Waals surface area contributed by atoms with E-state index in [1.807, 2.05) is 44.2 Å². The molecular formula is C22H23BrN2O2S. The fourth-order valence-corrected chi connectivity index (χ4v) is 3.98. The summed E-state index contributed by atoms with van der Waals surface area (Å²) in [5.74, 6) is 0.872. The summed E-state index contributed by atoms with van der Waals surface area (Å²) in [5, 5.41) is 3.43. The maximum Gasteiger partial charge on any atom is 0.264 e. The van der Waals surface area contributed by atoms with Crippen LogP contribution in [0.25, 0.3) is 11.3 Å². The Labute approximate surface area is 178 Å². The van der Waals surface area contributed by atoms with Gasteiger partial charge in [-0.1, -0.05) is 54.0 Å². The van der Waals surface area contributed by atoms with Crippen molar-refractivity contribution in [3.8, 4) is 17.0 Å². The van der Waals surface area contributed by atoms with Crippen molar-refractivity contribution < 1.29 is 9.53 Å². The number of thiazole rings is 1. The lowest BCUT2D eigenvalue weighted by Crippen LogP contribution is -2.20. The van der Waals surface area contributed by atoms with Crippen LogP contribution in [0, 0.1) is 13.8 Å². The van der Waals surface area contributed by atoms with Gasteiger partial charge in [-0.2, -0.15) is 0 Å². The van der Waals surface area contributed by atoms with Crippen LogP contribution in [0.5, 0.6) is 5.75 Å². The second-order valence-corrected chi connectivity index (χ2v) is 9.08. The number of ether oxygens (including phenoxy) is 1. The van der Waals surface area contributed by atoms with Gasteiger partial charge >= 0.3 is 0 Å². The maximum absolute atomic E-state index is 12.4. The van der Waals surface area contributed by atoms with E-state index in [1.54, 1.807) is 0 Å². The predicted molar refractivity (Wildman–Crippen MR) is 119 cm³/mol. The molecule has 0 fully saturated rings. The Morgan fingerprint density at radius 2 is 1.89 bits per heavy atom. The molecule has 28 heavy (non-hydrogen) atoms. The Morgan fingerprint density at radius 1 is 1.18 bits per heavy atom. The van der Waals surface area contributed by atoms with Crippen LogP contribution >= 0.6 is 27.3 Å². The maximum atomic E-state index is 12.4. The molecule has 0 aliphatic rings. The highest BCUT2D eigenvalue weighted by atomic mass is 79.9. The van der Waals surface area contributed by atoms with Gasteiger partial charge in [-0.3, -0.25) is 10.1 Å². The lowest BCUT2D eigenvalue weighted by Gasteiger charge is -2.14. The minimum absolute atomic E-state index is 0.0462. The SMILES string of the molecule is Cc1ccc(C(C)C)c(OCC(=O)Nc2nc(-c3ccc(Br)cc3)c(C)s2)c1. The van der Waals surface area contributed by atoms with Crippen molar-refractivity contribution in [3.63, 3.8) is 0 Å². The average Bonchev–Trinajstić information content (AvgIpc) is 3.00. The number of carbonyl (C=O) groups excluding carboxylic acids is 1. The van der Waals surface area contributed by atoms with E-state index in [0.717, 1.165) is 37.5 Å². The summed E-state index contributed by atoms with van der Waals surface area (Å²) < 4.78 is 6.83. The number of halogens is 1. The van der Waals surface area contributed by atoms with Gasteiger partial charge in [-0.05, 0) is 49.1 Å². The molecule has 0 saturated carbocycles. The van der Waals surface area contributed by atoms with Gasteiger partial charge in [0.15, 0.2) is 11.7 Å². The molecule has 0 atom stereocenters. The van der Waals surface area contributed by atoms with Crippen LogP contribution in [-0.2, 0) is 4.79 Å². The van der Waals surface area contributed by atoms with Gasteiger partial charge in [-0.25, -0.2) is 4.98 Å². The van der Waals surface area contributed by atoms with Crippen molar-refractivity contribution in [2.45, 2.75) is 33.6 Å². The van der Waals surface area contributed by atoms with Crippen molar-refractivity contribution >= 4 is 38.3 Å². The van der Waals surface area contributed by atoms with E-state index in [0.29, 0.717) is 11.0 Å². The quantitative estimate of drug-likeness (QED) is 0.469. The Kier molecular flexibility index (Phi) is 6.52. The number of aromatic nitrogens is 1. The van der Waals surface area contributed by atoms with Crippen LogP contribution in [0.4, 0.5) is 5.13 Å². The number of nitrogens with zero attached hydrogens (tertiary/aromatic N) is 1. The number of rotatable bonds is 6. The molecule has 0 spiro atoms. The average molecular weight is 459 g/mol. The molecule has 1 heterocycles. The molecule has 0 aliphatic carbocycles. The third kappa shape index (κ3) is 5.00. The zero-order valence-corrected chi connectivity index (χ0v) is 18.8. The van der Waals surface area contributed by atoms with Crippen LogP contribution in [-0.4, -0.2) is 17.5 Å². The molecule has 1 amide bonds. The van der Waals surface area contributed by atoms with Crippen molar-refractivity contribution in [1.29, 1.82) is 0 Å². The minimum atomic E-state index is -0.215.